The van der Waals surface area contributed by atoms with Crippen molar-refractivity contribution in [2.45, 2.75) is 17.9 Å². The van der Waals surface area contributed by atoms with Gasteiger partial charge in [-0.25, -0.2) is 13.2 Å². The molecule has 178 valence electrons. The summed E-state index contributed by atoms with van der Waals surface area (Å²) in [5.41, 5.74) is 7.81. The van der Waals surface area contributed by atoms with Crippen molar-refractivity contribution >= 4 is 21.8 Å². The molecule has 0 aliphatic heterocycles. The standard InChI is InChI=1S/C25H27N3O5S/c1-32-24(29)18-33-22-13-9-19(10-14-22)15-16-28(34(30,31)23-5-3-2-4-6-23)17-20-7-11-21(12-8-20)25(26)27/h2-14H,15-18H2,1H3,(H3,26,27). The van der Waals surface area contributed by atoms with Crippen LogP contribution in [-0.2, 0) is 32.5 Å². The van der Waals surface area contributed by atoms with Gasteiger partial charge >= 0.3 is 5.97 Å². The van der Waals surface area contributed by atoms with Crippen LogP contribution < -0.4 is 10.5 Å². The lowest BCUT2D eigenvalue weighted by molar-refractivity contribution is -0.142. The molecule has 8 nitrogen and oxygen atoms in total. The second kappa shape index (κ2) is 11.4. The number of carbonyl (C=O) groups excluding carboxylic acids is 1. The summed E-state index contributed by atoms with van der Waals surface area (Å²) in [5, 5.41) is 7.53. The van der Waals surface area contributed by atoms with Crippen molar-refractivity contribution in [3.8, 4) is 5.75 Å². The Balaban J connectivity index is 1.76. The molecule has 34 heavy (non-hydrogen) atoms. The lowest BCUT2D eigenvalue weighted by Crippen LogP contribution is -2.32. The fourth-order valence-corrected chi connectivity index (χ4v) is 4.68. The minimum absolute atomic E-state index is 0.0423. The van der Waals surface area contributed by atoms with Crippen LogP contribution in [0.3, 0.4) is 0 Å². The van der Waals surface area contributed by atoms with Crippen molar-refractivity contribution in [3.05, 3.63) is 95.6 Å². The molecule has 0 heterocycles. The van der Waals surface area contributed by atoms with Crippen LogP contribution in [0.4, 0.5) is 0 Å². The Labute approximate surface area is 199 Å². The van der Waals surface area contributed by atoms with Crippen LogP contribution in [0.1, 0.15) is 16.7 Å². The smallest absolute Gasteiger partial charge is 0.343 e. The highest BCUT2D eigenvalue weighted by Crippen LogP contribution is 2.20. The van der Waals surface area contributed by atoms with Gasteiger partial charge in [-0.1, -0.05) is 54.6 Å². The second-order valence-corrected chi connectivity index (χ2v) is 9.46. The quantitative estimate of drug-likeness (QED) is 0.247. The number of sulfonamides is 1. The number of benzene rings is 3. The summed E-state index contributed by atoms with van der Waals surface area (Å²) < 4.78 is 38.1. The van der Waals surface area contributed by atoms with E-state index in [1.165, 1.54) is 11.4 Å². The van der Waals surface area contributed by atoms with E-state index in [1.54, 1.807) is 66.7 Å². The van der Waals surface area contributed by atoms with E-state index in [2.05, 4.69) is 4.74 Å². The SMILES string of the molecule is COC(=O)COc1ccc(CCN(Cc2ccc(C(=N)N)cc2)S(=O)(=O)c2ccccc2)cc1. The molecule has 3 rings (SSSR count). The van der Waals surface area contributed by atoms with Gasteiger partial charge in [0.2, 0.25) is 10.0 Å². The van der Waals surface area contributed by atoms with E-state index in [0.717, 1.165) is 11.1 Å². The van der Waals surface area contributed by atoms with E-state index in [1.807, 2.05) is 12.1 Å². The first-order valence-corrected chi connectivity index (χ1v) is 12.0. The van der Waals surface area contributed by atoms with E-state index in [0.29, 0.717) is 17.7 Å². The molecule has 0 aliphatic rings. The van der Waals surface area contributed by atoms with Crippen molar-refractivity contribution in [2.75, 3.05) is 20.3 Å². The van der Waals surface area contributed by atoms with Crippen molar-refractivity contribution in [1.82, 2.24) is 4.31 Å². The summed E-state index contributed by atoms with van der Waals surface area (Å²) in [7, 11) is -2.44. The first-order valence-electron chi connectivity index (χ1n) is 10.6. The van der Waals surface area contributed by atoms with Gasteiger partial charge in [0.25, 0.3) is 0 Å². The van der Waals surface area contributed by atoms with Crippen LogP contribution in [0.25, 0.3) is 0 Å². The number of nitrogens with zero attached hydrogens (tertiary/aromatic N) is 1. The number of hydrogen-bond donors (Lipinski definition) is 2. The van der Waals surface area contributed by atoms with Crippen LogP contribution in [-0.4, -0.2) is 44.8 Å². The minimum Gasteiger partial charge on any atom is -0.482 e. The number of hydrogen-bond acceptors (Lipinski definition) is 6. The first-order chi connectivity index (χ1) is 16.3. The Morgan fingerprint density at radius 3 is 2.15 bits per heavy atom. The van der Waals surface area contributed by atoms with Crippen molar-refractivity contribution in [3.63, 3.8) is 0 Å². The third kappa shape index (κ3) is 6.66. The Morgan fingerprint density at radius 2 is 1.56 bits per heavy atom. The largest absolute Gasteiger partial charge is 0.482 e. The van der Waals surface area contributed by atoms with E-state index in [4.69, 9.17) is 15.9 Å². The average molecular weight is 482 g/mol. The van der Waals surface area contributed by atoms with Crippen LogP contribution >= 0.6 is 0 Å². The normalized spacial score (nSPS) is 11.2. The van der Waals surface area contributed by atoms with Gasteiger partial charge in [-0.3, -0.25) is 5.41 Å². The van der Waals surface area contributed by atoms with Gasteiger partial charge in [-0.2, -0.15) is 4.31 Å². The topological polar surface area (TPSA) is 123 Å². The summed E-state index contributed by atoms with van der Waals surface area (Å²) in [5.74, 6) is 0.00923. The maximum absolute atomic E-state index is 13.4. The molecule has 0 spiro atoms. The summed E-state index contributed by atoms with van der Waals surface area (Å²) in [6.07, 6.45) is 0.481. The molecule has 0 fully saturated rings. The average Bonchev–Trinajstić information content (AvgIpc) is 2.86. The fraction of sp³-hybridized carbons (Fsp3) is 0.200. The molecule has 0 amide bonds. The van der Waals surface area contributed by atoms with Crippen molar-refractivity contribution in [2.24, 2.45) is 5.73 Å². The predicted molar refractivity (Wildman–Crippen MR) is 129 cm³/mol. The van der Waals surface area contributed by atoms with Gasteiger partial charge in [0, 0.05) is 18.7 Å². The molecule has 0 bridgehead atoms. The molecule has 0 saturated heterocycles. The van der Waals surface area contributed by atoms with E-state index in [9.17, 15) is 13.2 Å². The predicted octanol–water partition coefficient (Wildman–Crippen LogP) is 2.96. The molecule has 0 atom stereocenters. The Morgan fingerprint density at radius 1 is 0.941 bits per heavy atom. The van der Waals surface area contributed by atoms with E-state index in [-0.39, 0.29) is 30.4 Å². The molecule has 3 aromatic carbocycles. The minimum atomic E-state index is -3.73. The number of esters is 1. The molecule has 3 aromatic rings. The zero-order valence-corrected chi connectivity index (χ0v) is 19.6. The molecule has 0 aliphatic carbocycles. The summed E-state index contributed by atoms with van der Waals surface area (Å²) in [6.45, 7) is 0.255. The Hall–Kier alpha value is -3.69. The number of ether oxygens (including phenoxy) is 2. The molecule has 3 N–H and O–H groups in total. The molecule has 0 saturated carbocycles. The van der Waals surface area contributed by atoms with Gasteiger partial charge in [0.05, 0.1) is 12.0 Å². The number of nitrogens with one attached hydrogen (secondary N) is 1. The van der Waals surface area contributed by atoms with Gasteiger partial charge < -0.3 is 15.2 Å². The number of rotatable bonds is 11. The third-order valence-corrected chi connectivity index (χ3v) is 7.02. The van der Waals surface area contributed by atoms with Gasteiger partial charge in [0.15, 0.2) is 6.61 Å². The maximum Gasteiger partial charge on any atom is 0.343 e. The zero-order valence-electron chi connectivity index (χ0n) is 18.8. The van der Waals surface area contributed by atoms with E-state index < -0.39 is 16.0 Å². The van der Waals surface area contributed by atoms with Gasteiger partial charge in [-0.05, 0) is 41.8 Å². The molecule has 9 heteroatoms. The summed E-state index contributed by atoms with van der Waals surface area (Å²) >= 11 is 0. The number of carbonyl (C=O) groups is 1. The summed E-state index contributed by atoms with van der Waals surface area (Å²) in [4.78, 5) is 11.4. The first kappa shape index (κ1) is 24.9. The number of methoxy groups -OCH3 is 1. The monoisotopic (exact) mass is 481 g/mol. The highest BCUT2D eigenvalue weighted by molar-refractivity contribution is 7.89. The maximum atomic E-state index is 13.4. The molecular formula is C25H27N3O5S. The van der Waals surface area contributed by atoms with Gasteiger partial charge in [0.1, 0.15) is 11.6 Å². The number of amidine groups is 1. The molecule has 0 radical (unpaired) electrons. The van der Waals surface area contributed by atoms with Crippen molar-refractivity contribution in [1.29, 1.82) is 5.41 Å². The third-order valence-electron chi connectivity index (χ3n) is 5.16. The highest BCUT2D eigenvalue weighted by Gasteiger charge is 2.24. The van der Waals surface area contributed by atoms with Crippen LogP contribution in [0.15, 0.2) is 83.8 Å². The lowest BCUT2D eigenvalue weighted by atomic mass is 10.1. The van der Waals surface area contributed by atoms with Crippen LogP contribution in [0, 0.1) is 5.41 Å². The Bertz CT molecular complexity index is 1210. The van der Waals surface area contributed by atoms with Gasteiger partial charge in [-0.15, -0.1) is 0 Å². The van der Waals surface area contributed by atoms with Crippen molar-refractivity contribution < 1.29 is 22.7 Å². The number of nitrogen functional groups attached to an aromatic ring is 1. The Kier molecular flexibility index (Phi) is 8.39. The van der Waals surface area contributed by atoms with E-state index >= 15 is 0 Å². The zero-order chi connectivity index (χ0) is 24.6. The second-order valence-electron chi connectivity index (χ2n) is 7.52. The molecule has 0 aromatic heterocycles. The number of nitrogens with two attached hydrogens (primary N) is 1. The highest BCUT2D eigenvalue weighted by atomic mass is 32.2. The van der Waals surface area contributed by atoms with Crippen LogP contribution in [0.5, 0.6) is 5.75 Å². The van der Waals surface area contributed by atoms with Crippen LogP contribution in [0.2, 0.25) is 0 Å². The molecular weight excluding hydrogens is 454 g/mol. The summed E-state index contributed by atoms with van der Waals surface area (Å²) in [6, 6.07) is 22.4. The lowest BCUT2D eigenvalue weighted by Gasteiger charge is -2.23. The fourth-order valence-electron chi connectivity index (χ4n) is 3.23. The molecule has 0 unspecified atom stereocenters.